The highest BCUT2D eigenvalue weighted by atomic mass is 31.2. The Bertz CT molecular complexity index is 2680. The zero-order chi connectivity index (χ0) is 82.2. The first-order valence-electron chi connectivity index (χ1n) is 44.8. The lowest BCUT2D eigenvalue weighted by Crippen LogP contribution is -2.30. The second-order valence-corrected chi connectivity index (χ2v) is 32.6. The Morgan fingerprint density at radius 3 is 0.743 bits per heavy atom. The van der Waals surface area contributed by atoms with Crippen LogP contribution >= 0.6 is 15.6 Å². The Morgan fingerprint density at radius 1 is 0.257 bits per heavy atom. The monoisotopic (exact) mass is 1620 g/mol. The van der Waals surface area contributed by atoms with Crippen LogP contribution in [0.2, 0.25) is 0 Å². The van der Waals surface area contributed by atoms with Crippen LogP contribution in [0.4, 0.5) is 0 Å². The molecule has 0 spiro atoms. The molecule has 0 aromatic rings. The molecule has 5 atom stereocenters. The van der Waals surface area contributed by atoms with Crippen molar-refractivity contribution >= 4 is 33.6 Å². The van der Waals surface area contributed by atoms with Crippen molar-refractivity contribution in [2.45, 2.75) is 386 Å². The zero-order valence-electron chi connectivity index (χ0n) is 71.3. The highest BCUT2D eigenvalue weighted by molar-refractivity contribution is 7.47. The lowest BCUT2D eigenvalue weighted by Gasteiger charge is -2.21. The number of ether oxygens (including phenoxy) is 3. The fraction of sp³-hybridized carbons (Fsp3) is 0.695. The van der Waals surface area contributed by atoms with E-state index in [1.165, 1.54) is 148 Å². The minimum absolute atomic E-state index is 0.0753. The predicted molar refractivity (Wildman–Crippen MR) is 472 cm³/mol. The summed E-state index contributed by atoms with van der Waals surface area (Å²) in [5, 5.41) is 20.7. The third-order valence-electron chi connectivity index (χ3n) is 18.7. The average molecular weight is 1620 g/mol. The maximum absolute atomic E-state index is 13.0. The molecular formula is C95H162O16P2. The summed E-state index contributed by atoms with van der Waals surface area (Å²) in [6.45, 7) is 2.50. The molecule has 5 unspecified atom stereocenters. The summed E-state index contributed by atoms with van der Waals surface area (Å²) in [4.78, 5) is 58.9. The van der Waals surface area contributed by atoms with Gasteiger partial charge in [-0.25, -0.2) is 9.13 Å². The molecule has 0 aromatic heterocycles. The van der Waals surface area contributed by atoms with Crippen LogP contribution in [0.3, 0.4) is 0 Å². The molecule has 0 amide bonds. The molecule has 0 aliphatic rings. The highest BCUT2D eigenvalue weighted by Crippen LogP contribution is 2.45. The van der Waals surface area contributed by atoms with Gasteiger partial charge in [0.25, 0.3) is 0 Å². The van der Waals surface area contributed by atoms with E-state index in [4.69, 9.17) is 32.3 Å². The van der Waals surface area contributed by atoms with Gasteiger partial charge in [0, 0.05) is 19.3 Å². The first-order valence-corrected chi connectivity index (χ1v) is 47.8. The molecule has 4 N–H and O–H groups in total. The van der Waals surface area contributed by atoms with Crippen molar-refractivity contribution in [3.05, 3.63) is 158 Å². The molecule has 648 valence electrons. The molecule has 0 bridgehead atoms. The summed E-state index contributed by atoms with van der Waals surface area (Å²) in [7, 11) is -9.82. The van der Waals surface area contributed by atoms with Gasteiger partial charge in [-0.05, 0) is 154 Å². The molecule has 0 aliphatic heterocycles. The number of hydrogen-bond acceptors (Lipinski definition) is 14. The van der Waals surface area contributed by atoms with Gasteiger partial charge < -0.3 is 34.2 Å². The summed E-state index contributed by atoms with van der Waals surface area (Å²) in [6, 6.07) is 0. The smallest absolute Gasteiger partial charge is 0.463 e. The number of unbranched alkanes of at least 4 members (excludes halogenated alkanes) is 35. The standard InChI is InChI=1S/C95H162O16P2/c1-4-7-10-13-16-19-22-25-28-31-34-37-38-39-40-41-42-43-44-45-46-47-48-49-50-53-55-57-60-63-66-69-72-75-78-81-93(98)105-84-90(96)85-107-112(101,102)108-86-91(97)87-109-113(103,104)110-89-92(111-95(100)83-80-77-74-71-68-65-62-59-56-52-36-33-30-27-24-21-18-15-12-9-6-3)88-106-94(99)82-79-76-73-70-67-64-61-58-54-51-35-32-29-26-23-20-17-14-11-8-5-2/h7,10,16-21,25-30,34-37,39-40,51-52,58-59,61-62,90-92,96-97H,4-6,8-9,11-15,22-24,31-33,38,41-50,53-57,60,63-89H2,1-3H3,(H,101,102)(H,103,104)/b10-7-,19-16-,20-17-,21-18-,28-25-,29-26-,30-27-,37-34-,40-39-,51-35-,52-36-,61-58-,62-59-. The molecule has 0 saturated carbocycles. The zero-order valence-corrected chi connectivity index (χ0v) is 73.0. The van der Waals surface area contributed by atoms with Crippen LogP contribution in [-0.2, 0) is 55.8 Å². The Kier molecular flexibility index (Phi) is 82.8. The van der Waals surface area contributed by atoms with Gasteiger partial charge in [-0.15, -0.1) is 0 Å². The summed E-state index contributed by atoms with van der Waals surface area (Å²) in [6.07, 6.45) is 110. The van der Waals surface area contributed by atoms with Gasteiger partial charge in [-0.1, -0.05) is 352 Å². The molecule has 0 aliphatic carbocycles. The number of hydrogen-bond donors (Lipinski definition) is 4. The topological polar surface area (TPSA) is 231 Å². The fourth-order valence-electron chi connectivity index (χ4n) is 11.9. The number of aliphatic hydroxyl groups excluding tert-OH is 2. The Hall–Kier alpha value is -4.83. The summed E-state index contributed by atoms with van der Waals surface area (Å²) < 4.78 is 61.4. The maximum atomic E-state index is 13.0. The van der Waals surface area contributed by atoms with E-state index in [0.29, 0.717) is 19.3 Å². The third-order valence-corrected chi connectivity index (χ3v) is 20.6. The number of allylic oxidation sites excluding steroid dienone is 26. The van der Waals surface area contributed by atoms with Crippen molar-refractivity contribution in [3.8, 4) is 0 Å². The van der Waals surface area contributed by atoms with Gasteiger partial charge in [-0.3, -0.25) is 32.5 Å². The SMILES string of the molecule is CC/C=C\C/C=C\C/C=C\C/C=C\C/C=C\CCCCCCCCCCCCCCCCCCCCCC(=O)OCC(O)COP(=O)(O)OCC(O)COP(=O)(O)OCC(COC(=O)CCCCCCC/C=C\C/C=C\C/C=C\C/C=C\CCCCC)OC(=O)CCCCCCC/C=C\C/C=C\C/C=C\C/C=C\CCCCC. The molecule has 18 heteroatoms. The molecule has 0 aromatic carbocycles. The maximum Gasteiger partial charge on any atom is 0.472 e. The van der Waals surface area contributed by atoms with Crippen LogP contribution in [-0.4, -0.2) is 95.9 Å². The molecule has 0 saturated heterocycles. The second kappa shape index (κ2) is 86.5. The fourth-order valence-corrected chi connectivity index (χ4v) is 13.5. The molecule has 0 fully saturated rings. The Morgan fingerprint density at radius 2 is 0.469 bits per heavy atom. The van der Waals surface area contributed by atoms with Crippen LogP contribution in [0.25, 0.3) is 0 Å². The van der Waals surface area contributed by atoms with E-state index < -0.39 is 91.5 Å². The van der Waals surface area contributed by atoms with Gasteiger partial charge in [0.2, 0.25) is 0 Å². The molecule has 0 heterocycles. The number of esters is 3. The van der Waals surface area contributed by atoms with Crippen LogP contribution in [0.5, 0.6) is 0 Å². The van der Waals surface area contributed by atoms with E-state index in [9.17, 15) is 43.5 Å². The molecule has 0 radical (unpaired) electrons. The number of phosphoric acid groups is 2. The van der Waals surface area contributed by atoms with Crippen LogP contribution in [0.15, 0.2) is 158 Å². The quantitative estimate of drug-likeness (QED) is 0.0146. The predicted octanol–water partition coefficient (Wildman–Crippen LogP) is 27.3. The van der Waals surface area contributed by atoms with Gasteiger partial charge in [0.1, 0.15) is 25.4 Å². The average Bonchev–Trinajstić information content (AvgIpc) is 0.899. The van der Waals surface area contributed by atoms with Crippen LogP contribution < -0.4 is 0 Å². The van der Waals surface area contributed by atoms with Gasteiger partial charge >= 0.3 is 33.6 Å². The number of carbonyl (C=O) groups excluding carboxylic acids is 3. The third kappa shape index (κ3) is 87.8. The van der Waals surface area contributed by atoms with E-state index in [1.54, 1.807) is 0 Å². The van der Waals surface area contributed by atoms with E-state index in [2.05, 4.69) is 179 Å². The number of carbonyl (C=O) groups is 3. The van der Waals surface area contributed by atoms with Crippen LogP contribution in [0, 0.1) is 0 Å². The van der Waals surface area contributed by atoms with Gasteiger partial charge in [0.05, 0.1) is 26.4 Å². The molecular weight excluding hydrogens is 1460 g/mol. The van der Waals surface area contributed by atoms with Gasteiger partial charge in [0.15, 0.2) is 6.10 Å². The number of rotatable bonds is 84. The molecule has 16 nitrogen and oxygen atoms in total. The van der Waals surface area contributed by atoms with E-state index in [0.717, 1.165) is 161 Å². The van der Waals surface area contributed by atoms with Crippen molar-refractivity contribution in [2.24, 2.45) is 0 Å². The number of aliphatic hydroxyl groups is 2. The largest absolute Gasteiger partial charge is 0.472 e. The first kappa shape index (κ1) is 108. The van der Waals surface area contributed by atoms with Crippen molar-refractivity contribution in [1.82, 2.24) is 0 Å². The van der Waals surface area contributed by atoms with E-state index >= 15 is 0 Å². The summed E-state index contributed by atoms with van der Waals surface area (Å²) in [5.41, 5.74) is 0. The lowest BCUT2D eigenvalue weighted by molar-refractivity contribution is -0.161. The van der Waals surface area contributed by atoms with Crippen LogP contribution in [0.1, 0.15) is 367 Å². The van der Waals surface area contributed by atoms with E-state index in [1.807, 2.05) is 0 Å². The molecule has 113 heavy (non-hydrogen) atoms. The summed E-state index contributed by atoms with van der Waals surface area (Å²) in [5.74, 6) is -1.61. The number of phosphoric ester groups is 2. The van der Waals surface area contributed by atoms with Crippen molar-refractivity contribution in [2.75, 3.05) is 39.6 Å². The minimum atomic E-state index is -4.95. The normalized spacial score (nSPS) is 14.6. The highest BCUT2D eigenvalue weighted by Gasteiger charge is 2.29. The van der Waals surface area contributed by atoms with Gasteiger partial charge in [-0.2, -0.15) is 0 Å². The van der Waals surface area contributed by atoms with Crippen molar-refractivity contribution in [1.29, 1.82) is 0 Å². The van der Waals surface area contributed by atoms with Crippen molar-refractivity contribution in [3.63, 3.8) is 0 Å². The second-order valence-electron chi connectivity index (χ2n) is 29.7. The summed E-state index contributed by atoms with van der Waals surface area (Å²) >= 11 is 0. The minimum Gasteiger partial charge on any atom is -0.463 e. The van der Waals surface area contributed by atoms with E-state index in [-0.39, 0.29) is 19.3 Å². The Balaban J connectivity index is 4.53. The lowest BCUT2D eigenvalue weighted by atomic mass is 10.0. The molecule has 0 rings (SSSR count). The first-order chi connectivity index (χ1) is 55.2. The van der Waals surface area contributed by atoms with Crippen molar-refractivity contribution < 1.29 is 75.8 Å². The Labute approximate surface area is 689 Å².